The molecule has 0 N–H and O–H groups in total. The number of hydrogen-bond acceptors (Lipinski definition) is 0. The van der Waals surface area contributed by atoms with Crippen molar-refractivity contribution in [3.63, 3.8) is 0 Å². The largest absolute Gasteiger partial charge is 0.416 e. The molecule has 0 fully saturated rings. The van der Waals surface area contributed by atoms with E-state index in [-0.39, 0.29) is 21.9 Å². The van der Waals surface area contributed by atoms with Gasteiger partial charge in [0, 0.05) is 37.0 Å². The van der Waals surface area contributed by atoms with Gasteiger partial charge in [0.1, 0.15) is 6.15 Å². The minimum atomic E-state index is -4.77. The Kier molecular flexibility index (Phi) is 74.7. The Hall–Kier alpha value is -3.33. The lowest BCUT2D eigenvalue weighted by Crippen LogP contribution is -2.74. The highest BCUT2D eigenvalue weighted by atomic mass is 31.2. The molecule has 0 saturated carbocycles. The summed E-state index contributed by atoms with van der Waals surface area (Å²) in [4.78, 5) is 0. The Balaban J connectivity index is 0.000000924. The van der Waals surface area contributed by atoms with E-state index >= 15 is 0 Å². The quantitative estimate of drug-likeness (QED) is 0.0138. The minimum absolute atomic E-state index is 0.0114. The molecule has 1 nitrogen and oxygen atoms in total. The summed E-state index contributed by atoms with van der Waals surface area (Å²) in [5, 5.41) is 0. The van der Waals surface area contributed by atoms with E-state index in [1.165, 1.54) is 501 Å². The summed E-state index contributed by atoms with van der Waals surface area (Å²) in [5.74, 6) is 0. The monoisotopic (exact) mass is 1930 g/mol. The van der Waals surface area contributed by atoms with Gasteiger partial charge in [-0.3, -0.25) is 0 Å². The smallest absolute Gasteiger partial charge is 0.195 e. The summed E-state index contributed by atoms with van der Waals surface area (Å²) in [6, 6.07) is 13.6. The Bertz CT molecular complexity index is 2910. The zero-order valence-corrected chi connectivity index (χ0v) is 88.9. The van der Waals surface area contributed by atoms with Crippen LogP contribution >= 0.6 is 14.1 Å². The number of halogens is 12. The highest BCUT2D eigenvalue weighted by Crippen LogP contribution is 2.57. The average Bonchev–Trinajstić information content (AvgIpc) is 0.726. The molecule has 4 aromatic carbocycles. The molecule has 4 rings (SSSR count). The van der Waals surface area contributed by atoms with Crippen LogP contribution in [0.3, 0.4) is 0 Å². The first kappa shape index (κ1) is 125. The fraction of sp³-hybridized carbons (Fsp3) is 0.797. The number of benzene rings is 4. The number of alkyl halides is 12. The maximum absolute atomic E-state index is 13.3. The van der Waals surface area contributed by atoms with Crippen molar-refractivity contribution in [1.29, 1.82) is 0 Å². The third-order valence-corrected chi connectivity index (χ3v) is 39.3. The van der Waals surface area contributed by atoms with Crippen LogP contribution in [-0.2, 0) is 24.7 Å². The van der Waals surface area contributed by atoms with Crippen LogP contribution in [0.25, 0.3) is 0 Å². The van der Waals surface area contributed by atoms with Gasteiger partial charge < -0.3 is 0 Å². The van der Waals surface area contributed by atoms with E-state index in [1.807, 2.05) is 0 Å². The van der Waals surface area contributed by atoms with Crippen molar-refractivity contribution >= 4 is 42.1 Å². The van der Waals surface area contributed by atoms with Gasteiger partial charge in [0.25, 0.3) is 0 Å². The van der Waals surface area contributed by atoms with Crippen molar-refractivity contribution in [3.05, 3.63) is 119 Å². The summed E-state index contributed by atoms with van der Waals surface area (Å²) < 4.78 is 167. The van der Waals surface area contributed by atoms with E-state index < -0.39 is 67.2 Å². The number of unbranched alkanes of at least 4 members (excludes halogenated alkanes) is 72. The van der Waals surface area contributed by atoms with Gasteiger partial charge in [-0.15, -0.1) is 0 Å². The first-order valence-electron chi connectivity index (χ1n) is 57.2. The van der Waals surface area contributed by atoms with Gasteiger partial charge in [-0.25, -0.2) is 0 Å². The van der Waals surface area contributed by atoms with Crippen molar-refractivity contribution in [2.24, 2.45) is 0 Å². The van der Waals surface area contributed by atoms with Crippen molar-refractivity contribution in [1.82, 2.24) is 4.17 Å². The molecular weight excluding hydrogens is 1730 g/mol. The molecule has 0 aliphatic carbocycles. The van der Waals surface area contributed by atoms with Crippen LogP contribution in [0, 0.1) is 0 Å². The molecule has 4 aromatic rings. The van der Waals surface area contributed by atoms with E-state index in [2.05, 4.69) is 41.5 Å². The summed E-state index contributed by atoms with van der Waals surface area (Å²) in [6.07, 6.45) is 102. The normalized spacial score (nSPS) is 12.5. The predicted molar refractivity (Wildman–Crippen MR) is 569 cm³/mol. The molecule has 0 unspecified atom stereocenters. The zero-order chi connectivity index (χ0) is 97.5. The fourth-order valence-corrected chi connectivity index (χ4v) is 32.5. The van der Waals surface area contributed by atoms with Gasteiger partial charge in [0.05, 0.1) is 22.3 Å². The molecule has 0 amide bonds. The van der Waals surface area contributed by atoms with Gasteiger partial charge in [-0.1, -0.05) is 601 Å². The van der Waals surface area contributed by atoms with Crippen molar-refractivity contribution in [2.45, 2.75) is 567 Å². The molecule has 0 bridgehead atoms. The third kappa shape index (κ3) is 60.2. The van der Waals surface area contributed by atoms with E-state index in [0.29, 0.717) is 48.5 Å². The molecule has 0 spiro atoms. The number of hydrogen-bond donors (Lipinski definition) is 0. The van der Waals surface area contributed by atoms with Crippen molar-refractivity contribution in [3.8, 4) is 0 Å². The molecule has 0 aromatic heterocycles. The van der Waals surface area contributed by atoms with E-state index in [1.54, 1.807) is 37.0 Å². The molecule has 0 radical (unpaired) electrons. The van der Waals surface area contributed by atoms with Gasteiger partial charge in [0.2, 0.25) is 14.1 Å². The highest BCUT2D eigenvalue weighted by molar-refractivity contribution is 7.73. The van der Waals surface area contributed by atoms with Gasteiger partial charge in [0.15, 0.2) is 0 Å². The first-order valence-corrected chi connectivity index (χ1v) is 61.8. The molecule has 0 aliphatic heterocycles. The Morgan fingerprint density at radius 2 is 0.254 bits per heavy atom. The summed E-state index contributed by atoms with van der Waals surface area (Å²) >= 11 is 0. The second kappa shape index (κ2) is 80.1. The predicted octanol–water partition coefficient (Wildman–Crippen LogP) is 42.1. The average molecular weight is 1940 g/mol. The summed E-state index contributed by atoms with van der Waals surface area (Å²) in [5.41, 5.74) is -4.29. The first-order chi connectivity index (χ1) is 64.9. The van der Waals surface area contributed by atoms with Gasteiger partial charge in [-0.2, -0.15) is 78.7 Å². The number of nitrogens with zero attached hydrogens (tertiary/aromatic N) is 1. The maximum Gasteiger partial charge on any atom is 0.416 e. The molecule has 134 heavy (non-hydrogen) atoms. The number of rotatable bonds is 88. The molecule has 0 aliphatic rings. The topological polar surface area (TPSA) is 14.1 Å². The summed E-state index contributed by atoms with van der Waals surface area (Å²) in [6.45, 7) is 14.1. The van der Waals surface area contributed by atoms with Crippen LogP contribution in [0.4, 0.5) is 52.7 Å². The lowest BCUT2D eigenvalue weighted by molar-refractivity contribution is -0.138. The lowest BCUT2D eigenvalue weighted by atomic mass is 9.13. The van der Waals surface area contributed by atoms with Gasteiger partial charge in [-0.05, 0) is 38.5 Å². The Labute approximate surface area is 817 Å². The Morgan fingerprint density at radius 3 is 0.351 bits per heavy atom. The van der Waals surface area contributed by atoms with Crippen molar-refractivity contribution in [2.75, 3.05) is 37.0 Å². The third-order valence-electron chi connectivity index (χ3n) is 29.4. The molecule has 0 saturated heterocycles. The van der Waals surface area contributed by atoms with Crippen LogP contribution < -0.4 is 26.0 Å². The van der Waals surface area contributed by atoms with Crippen LogP contribution in [0.2, 0.25) is 0 Å². The standard InChI is InChI=1S/C90H186NP2.C28H16BF12/c1-7-13-19-25-31-37-43-49-55-61-67-73-79-85-92(86-80-74-68-62-56-50-44-38-32-26-20-14-8-2,87-81-75-69-63-57-51-45-39-33-27-21-15-9-3)91-93(88-82-76-70-64-58-52-46-40-34-28-22-16-10-4,89-83-77-71-65-59-53-47-41-35-29-23-17-11-5)90-84-78-72-66-60-54-48-42-36-30-24-18-12-6;30-25(31,32)17-1-9-21(10-2-17)29(22-11-3-18(4-12-22)26(33,34)35,23-13-5-19(6-14-23)27(36,37)38)24-15-7-20(8-16-24)28(39,40)41/h7-90H2,1-6H3;1-16H/q+1;-1. The van der Waals surface area contributed by atoms with Crippen LogP contribution in [0.15, 0.2) is 97.1 Å². The van der Waals surface area contributed by atoms with E-state index in [9.17, 15) is 52.7 Å². The zero-order valence-electron chi connectivity index (χ0n) is 87.1. The van der Waals surface area contributed by atoms with E-state index in [0.717, 1.165) is 48.5 Å². The lowest BCUT2D eigenvalue weighted by Gasteiger charge is -2.44. The minimum Gasteiger partial charge on any atom is -0.195 e. The van der Waals surface area contributed by atoms with Gasteiger partial charge >= 0.3 is 24.7 Å². The second-order valence-corrected chi connectivity index (χ2v) is 49.2. The Morgan fingerprint density at radius 1 is 0.157 bits per heavy atom. The SMILES string of the molecule is CCCCCCCCCCCCCCCP(CCCCCCCCCCCCCCC)(CCCCCCCCCCCCCCC)=[N+]=P(CCCCCCCCCCCCCCC)(CCCCCCCCCCCCCCC)CCCCCCCCCCCCCCC.FC(F)(F)c1ccc([B-](c2ccc(C(F)(F)F)cc2)(c2ccc(C(F)(F)F)cc2)c2ccc(C(F)(F)F)cc2)cc1. The second-order valence-electron chi connectivity index (χ2n) is 41.4. The van der Waals surface area contributed by atoms with Crippen molar-refractivity contribution < 1.29 is 52.7 Å². The fourth-order valence-electron chi connectivity index (χ4n) is 20.9. The van der Waals surface area contributed by atoms with Crippen LogP contribution in [0.5, 0.6) is 0 Å². The highest BCUT2D eigenvalue weighted by Gasteiger charge is 2.40. The molecule has 0 atom stereocenters. The molecule has 16 heteroatoms. The summed E-state index contributed by atoms with van der Waals surface area (Å²) in [7, 11) is -2.90. The molecule has 0 heterocycles. The van der Waals surface area contributed by atoms with Crippen LogP contribution in [-0.4, -0.2) is 43.1 Å². The van der Waals surface area contributed by atoms with Crippen LogP contribution in [0.1, 0.15) is 565 Å². The van der Waals surface area contributed by atoms with E-state index in [4.69, 9.17) is 4.17 Å². The maximum atomic E-state index is 13.3. The molecule has 776 valence electrons. The molecular formula is C118H202BF12NP2.